The first-order valence-corrected chi connectivity index (χ1v) is 5.29. The lowest BCUT2D eigenvalue weighted by molar-refractivity contribution is 0.0239. The molecular formula is C11H21N3. The molecule has 0 spiro atoms. The van der Waals surface area contributed by atoms with E-state index in [2.05, 4.69) is 45.7 Å². The van der Waals surface area contributed by atoms with Crippen LogP contribution in [0.15, 0.2) is 0 Å². The third-order valence-corrected chi connectivity index (χ3v) is 2.98. The van der Waals surface area contributed by atoms with Crippen LogP contribution in [-0.4, -0.2) is 40.5 Å². The van der Waals surface area contributed by atoms with Gasteiger partial charge in [0.2, 0.25) is 0 Å². The standard InChI is InChI=1S/C11H21N3/c1-9-6-13(11(3,4)5)7-10(2)14(9)8-12/h9-10H,6-7H2,1-5H3/t9-,10+. The molecule has 14 heavy (non-hydrogen) atoms. The minimum atomic E-state index is 0.212. The van der Waals surface area contributed by atoms with Gasteiger partial charge in [0, 0.05) is 30.7 Å². The predicted octanol–water partition coefficient (Wildman–Crippen LogP) is 1.66. The van der Waals surface area contributed by atoms with Crippen molar-refractivity contribution >= 4 is 0 Å². The molecule has 2 atom stereocenters. The molecule has 0 amide bonds. The van der Waals surface area contributed by atoms with Crippen LogP contribution < -0.4 is 0 Å². The maximum atomic E-state index is 8.98. The van der Waals surface area contributed by atoms with Gasteiger partial charge in [-0.3, -0.25) is 4.90 Å². The third kappa shape index (κ3) is 2.19. The largest absolute Gasteiger partial charge is 0.303 e. The van der Waals surface area contributed by atoms with E-state index in [0.717, 1.165) is 13.1 Å². The molecular weight excluding hydrogens is 174 g/mol. The molecule has 1 rings (SSSR count). The van der Waals surface area contributed by atoms with Crippen molar-refractivity contribution in [1.82, 2.24) is 9.80 Å². The summed E-state index contributed by atoms with van der Waals surface area (Å²) in [6.07, 6.45) is 2.28. The number of nitriles is 1. The first kappa shape index (κ1) is 11.3. The molecule has 3 heteroatoms. The van der Waals surface area contributed by atoms with Crippen molar-refractivity contribution < 1.29 is 0 Å². The highest BCUT2D eigenvalue weighted by molar-refractivity contribution is 4.95. The van der Waals surface area contributed by atoms with Crippen molar-refractivity contribution in [3.63, 3.8) is 0 Å². The lowest BCUT2D eigenvalue weighted by atomic mass is 10.00. The number of nitrogens with zero attached hydrogens (tertiary/aromatic N) is 3. The molecule has 1 aliphatic rings. The van der Waals surface area contributed by atoms with Crippen LogP contribution in [0, 0.1) is 11.5 Å². The van der Waals surface area contributed by atoms with Gasteiger partial charge in [-0.2, -0.15) is 5.26 Å². The maximum Gasteiger partial charge on any atom is 0.179 e. The van der Waals surface area contributed by atoms with Crippen LogP contribution in [0.3, 0.4) is 0 Å². The Labute approximate surface area is 87.3 Å². The van der Waals surface area contributed by atoms with E-state index >= 15 is 0 Å². The molecule has 1 fully saturated rings. The molecule has 0 unspecified atom stereocenters. The van der Waals surface area contributed by atoms with Crippen LogP contribution in [0.2, 0.25) is 0 Å². The van der Waals surface area contributed by atoms with Gasteiger partial charge in [0.25, 0.3) is 0 Å². The molecule has 0 radical (unpaired) electrons. The van der Waals surface area contributed by atoms with Crippen LogP contribution in [0.1, 0.15) is 34.6 Å². The Morgan fingerprint density at radius 1 is 1.14 bits per heavy atom. The van der Waals surface area contributed by atoms with Crippen LogP contribution in [-0.2, 0) is 0 Å². The molecule has 0 aromatic carbocycles. The number of piperazine rings is 1. The Bertz CT molecular complexity index is 224. The average Bonchev–Trinajstić information content (AvgIpc) is 2.01. The van der Waals surface area contributed by atoms with Gasteiger partial charge in [-0.05, 0) is 34.6 Å². The van der Waals surface area contributed by atoms with Gasteiger partial charge in [-0.15, -0.1) is 0 Å². The summed E-state index contributed by atoms with van der Waals surface area (Å²) >= 11 is 0. The topological polar surface area (TPSA) is 30.3 Å². The van der Waals surface area contributed by atoms with Crippen LogP contribution >= 0.6 is 0 Å². The lowest BCUT2D eigenvalue weighted by Crippen LogP contribution is -2.59. The highest BCUT2D eigenvalue weighted by Gasteiger charge is 2.33. The summed E-state index contributed by atoms with van der Waals surface area (Å²) < 4.78 is 0. The summed E-state index contributed by atoms with van der Waals surface area (Å²) in [5, 5.41) is 8.98. The molecule has 0 saturated carbocycles. The normalized spacial score (nSPS) is 30.1. The van der Waals surface area contributed by atoms with Crippen molar-refractivity contribution in [2.45, 2.75) is 52.2 Å². The van der Waals surface area contributed by atoms with E-state index in [0.29, 0.717) is 12.1 Å². The van der Waals surface area contributed by atoms with Crippen LogP contribution in [0.5, 0.6) is 0 Å². The highest BCUT2D eigenvalue weighted by Crippen LogP contribution is 2.21. The summed E-state index contributed by atoms with van der Waals surface area (Å²) in [7, 11) is 0. The maximum absolute atomic E-state index is 8.98. The zero-order chi connectivity index (χ0) is 10.9. The van der Waals surface area contributed by atoms with Crippen molar-refractivity contribution in [3.05, 3.63) is 0 Å². The molecule has 1 saturated heterocycles. The summed E-state index contributed by atoms with van der Waals surface area (Å²) in [5.74, 6) is 0. The van der Waals surface area contributed by atoms with Gasteiger partial charge < -0.3 is 4.90 Å². The van der Waals surface area contributed by atoms with Gasteiger partial charge in [0.15, 0.2) is 6.19 Å². The first-order chi connectivity index (χ1) is 6.36. The van der Waals surface area contributed by atoms with E-state index in [1.54, 1.807) is 0 Å². The Balaban J connectivity index is 2.71. The SMILES string of the molecule is C[C@@H]1CN(C(C)(C)C)C[C@H](C)N1C#N. The summed E-state index contributed by atoms with van der Waals surface area (Å²) in [4.78, 5) is 4.36. The zero-order valence-corrected chi connectivity index (χ0v) is 9.91. The Morgan fingerprint density at radius 2 is 1.57 bits per heavy atom. The van der Waals surface area contributed by atoms with Crippen LogP contribution in [0.25, 0.3) is 0 Å². The molecule has 1 heterocycles. The number of hydrogen-bond donors (Lipinski definition) is 0. The number of rotatable bonds is 0. The summed E-state index contributed by atoms with van der Waals surface area (Å²) in [5.41, 5.74) is 0.212. The van der Waals surface area contributed by atoms with Gasteiger partial charge in [-0.1, -0.05) is 0 Å². The van der Waals surface area contributed by atoms with Crippen molar-refractivity contribution in [2.75, 3.05) is 13.1 Å². The Hall–Kier alpha value is -0.750. The van der Waals surface area contributed by atoms with E-state index < -0.39 is 0 Å². The average molecular weight is 195 g/mol. The third-order valence-electron chi connectivity index (χ3n) is 2.98. The second-order valence-corrected chi connectivity index (χ2v) is 5.28. The van der Waals surface area contributed by atoms with Crippen molar-refractivity contribution in [3.8, 4) is 6.19 Å². The predicted molar refractivity (Wildman–Crippen MR) is 57.7 cm³/mol. The van der Waals surface area contributed by atoms with Crippen molar-refractivity contribution in [1.29, 1.82) is 5.26 Å². The molecule has 0 aromatic rings. The molecule has 0 bridgehead atoms. The quantitative estimate of drug-likeness (QED) is 0.551. The van der Waals surface area contributed by atoms with E-state index in [-0.39, 0.29) is 5.54 Å². The molecule has 80 valence electrons. The first-order valence-electron chi connectivity index (χ1n) is 5.29. The molecule has 0 aromatic heterocycles. The minimum Gasteiger partial charge on any atom is -0.303 e. The minimum absolute atomic E-state index is 0.212. The van der Waals surface area contributed by atoms with E-state index in [9.17, 15) is 0 Å². The van der Waals surface area contributed by atoms with Crippen LogP contribution in [0.4, 0.5) is 0 Å². The molecule has 3 nitrogen and oxygen atoms in total. The molecule has 0 N–H and O–H groups in total. The van der Waals surface area contributed by atoms with Gasteiger partial charge in [0.1, 0.15) is 0 Å². The van der Waals surface area contributed by atoms with Gasteiger partial charge >= 0.3 is 0 Å². The van der Waals surface area contributed by atoms with Gasteiger partial charge in [-0.25, -0.2) is 0 Å². The van der Waals surface area contributed by atoms with Gasteiger partial charge in [0.05, 0.1) is 0 Å². The lowest BCUT2D eigenvalue weighted by Gasteiger charge is -2.47. The Kier molecular flexibility index (Phi) is 3.06. The fourth-order valence-corrected chi connectivity index (χ4v) is 2.07. The second kappa shape index (κ2) is 3.78. The molecule has 0 aliphatic carbocycles. The smallest absolute Gasteiger partial charge is 0.179 e. The monoisotopic (exact) mass is 195 g/mol. The zero-order valence-electron chi connectivity index (χ0n) is 9.91. The van der Waals surface area contributed by atoms with Crippen molar-refractivity contribution in [2.24, 2.45) is 0 Å². The second-order valence-electron chi connectivity index (χ2n) is 5.28. The fourth-order valence-electron chi connectivity index (χ4n) is 2.07. The summed E-state index contributed by atoms with van der Waals surface area (Å²) in [6, 6.07) is 0.672. The molecule has 1 aliphatic heterocycles. The van der Waals surface area contributed by atoms with E-state index in [1.807, 2.05) is 4.90 Å². The van der Waals surface area contributed by atoms with E-state index in [1.165, 1.54) is 0 Å². The fraction of sp³-hybridized carbons (Fsp3) is 0.909. The highest BCUT2D eigenvalue weighted by atomic mass is 15.3. The Morgan fingerprint density at radius 3 is 1.86 bits per heavy atom. The number of hydrogen-bond acceptors (Lipinski definition) is 3. The van der Waals surface area contributed by atoms with E-state index in [4.69, 9.17) is 5.26 Å². The summed E-state index contributed by atoms with van der Waals surface area (Å²) in [6.45, 7) is 12.9.